The highest BCUT2D eigenvalue weighted by atomic mass is 35.5. The molecule has 27 heavy (non-hydrogen) atoms. The molecule has 0 atom stereocenters. The van der Waals surface area contributed by atoms with Crippen molar-refractivity contribution in [2.45, 2.75) is 0 Å². The van der Waals surface area contributed by atoms with Crippen LogP contribution in [0, 0.1) is 0 Å². The van der Waals surface area contributed by atoms with Crippen LogP contribution in [-0.4, -0.2) is 51.7 Å². The Balaban J connectivity index is 1.46. The molecule has 1 heterocycles. The minimum absolute atomic E-state index is 0.0317. The van der Waals surface area contributed by atoms with Crippen molar-refractivity contribution in [3.05, 3.63) is 59.1 Å². The average Bonchev–Trinajstić information content (AvgIpc) is 2.69. The number of piperazine rings is 1. The van der Waals surface area contributed by atoms with E-state index >= 15 is 0 Å². The van der Waals surface area contributed by atoms with E-state index in [1.165, 1.54) is 12.0 Å². The normalized spacial score (nSPS) is 14.7. The van der Waals surface area contributed by atoms with Crippen molar-refractivity contribution in [3.63, 3.8) is 0 Å². The summed E-state index contributed by atoms with van der Waals surface area (Å²) in [5, 5.41) is 3.62. The van der Waals surface area contributed by atoms with Crippen LogP contribution in [0.2, 0.25) is 5.02 Å². The van der Waals surface area contributed by atoms with E-state index in [-0.39, 0.29) is 5.91 Å². The van der Waals surface area contributed by atoms with Crippen molar-refractivity contribution in [3.8, 4) is 0 Å². The molecule has 1 fully saturated rings. The van der Waals surface area contributed by atoms with Crippen LogP contribution in [0.1, 0.15) is 10.4 Å². The molecule has 6 nitrogen and oxygen atoms in total. The largest absolute Gasteiger partial charge is 0.465 e. The zero-order valence-corrected chi connectivity index (χ0v) is 16.0. The number of nitrogens with one attached hydrogen (secondary N) is 2. The lowest BCUT2D eigenvalue weighted by atomic mass is 10.2. The summed E-state index contributed by atoms with van der Waals surface area (Å²) in [5.74, 6) is -0.424. The van der Waals surface area contributed by atoms with E-state index < -0.39 is 5.97 Å². The van der Waals surface area contributed by atoms with E-state index in [4.69, 9.17) is 11.6 Å². The number of benzene rings is 2. The topological polar surface area (TPSA) is 63.1 Å². The first-order chi connectivity index (χ1) is 13.0. The van der Waals surface area contributed by atoms with Crippen molar-refractivity contribution in [2.75, 3.05) is 50.1 Å². The van der Waals surface area contributed by atoms with Crippen LogP contribution in [0.3, 0.4) is 0 Å². The van der Waals surface area contributed by atoms with Gasteiger partial charge in [-0.3, -0.25) is 4.79 Å². The molecule has 0 unspecified atom stereocenters. The molecule has 0 bridgehead atoms. The number of hydrogen-bond donors (Lipinski definition) is 2. The summed E-state index contributed by atoms with van der Waals surface area (Å²) in [6.45, 7) is 4.03. The zero-order valence-electron chi connectivity index (χ0n) is 15.2. The summed E-state index contributed by atoms with van der Waals surface area (Å²) in [7, 11) is 1.34. The highest BCUT2D eigenvalue weighted by molar-refractivity contribution is 6.30. The number of hydrogen-bond acceptors (Lipinski definition) is 4. The lowest BCUT2D eigenvalue weighted by molar-refractivity contribution is -0.892. The highest BCUT2D eigenvalue weighted by Crippen LogP contribution is 2.17. The maximum atomic E-state index is 12.3. The molecule has 0 saturated carbocycles. The Labute approximate surface area is 163 Å². The fraction of sp³-hybridized carbons (Fsp3) is 0.300. The fourth-order valence-electron chi connectivity index (χ4n) is 3.15. The number of quaternary nitrogens is 1. The highest BCUT2D eigenvalue weighted by Gasteiger charge is 2.22. The average molecular weight is 389 g/mol. The van der Waals surface area contributed by atoms with Crippen LogP contribution in [0.4, 0.5) is 11.4 Å². The van der Waals surface area contributed by atoms with Gasteiger partial charge in [0.2, 0.25) is 0 Å². The Bertz CT molecular complexity index is 785. The monoisotopic (exact) mass is 388 g/mol. The molecule has 0 spiro atoms. The number of nitrogens with zero attached hydrogens (tertiary/aromatic N) is 1. The molecule has 2 aromatic carbocycles. The van der Waals surface area contributed by atoms with Crippen molar-refractivity contribution in [1.82, 2.24) is 0 Å². The molecule has 0 aromatic heterocycles. The van der Waals surface area contributed by atoms with Gasteiger partial charge in [0.05, 0.1) is 38.9 Å². The van der Waals surface area contributed by atoms with Gasteiger partial charge in [-0.15, -0.1) is 0 Å². The van der Waals surface area contributed by atoms with Crippen LogP contribution >= 0.6 is 11.6 Å². The minimum atomic E-state index is -0.393. The molecule has 2 aromatic rings. The summed E-state index contributed by atoms with van der Waals surface area (Å²) < 4.78 is 4.66. The molecule has 2 N–H and O–H groups in total. The second kappa shape index (κ2) is 8.88. The van der Waals surface area contributed by atoms with Gasteiger partial charge in [0.25, 0.3) is 5.91 Å². The van der Waals surface area contributed by atoms with Crippen LogP contribution in [0.25, 0.3) is 0 Å². The Kier molecular flexibility index (Phi) is 6.32. The summed E-state index contributed by atoms with van der Waals surface area (Å²) in [5.41, 5.74) is 2.29. The first-order valence-corrected chi connectivity index (χ1v) is 9.25. The summed E-state index contributed by atoms with van der Waals surface area (Å²) in [6.07, 6.45) is 0. The zero-order chi connectivity index (χ0) is 19.2. The van der Waals surface area contributed by atoms with E-state index in [2.05, 4.69) is 15.0 Å². The van der Waals surface area contributed by atoms with E-state index in [1.54, 1.807) is 24.3 Å². The standard InChI is InChI=1S/C20H22ClN3O3/c1-27-20(26)15-2-6-17(7-3-15)22-19(25)14-23-10-12-24(13-11-23)18-8-4-16(21)5-9-18/h2-9H,10-14H2,1H3,(H,22,25)/p+1. The molecular weight excluding hydrogens is 366 g/mol. The molecule has 3 rings (SSSR count). The van der Waals surface area contributed by atoms with Gasteiger partial charge in [-0.2, -0.15) is 0 Å². The first-order valence-electron chi connectivity index (χ1n) is 8.87. The van der Waals surface area contributed by atoms with Gasteiger partial charge in [0.15, 0.2) is 6.54 Å². The molecular formula is C20H23ClN3O3+. The Morgan fingerprint density at radius 3 is 2.30 bits per heavy atom. The summed E-state index contributed by atoms with van der Waals surface area (Å²) >= 11 is 5.94. The predicted molar refractivity (Wildman–Crippen MR) is 106 cm³/mol. The SMILES string of the molecule is COC(=O)c1ccc(NC(=O)C[NH+]2CCN(c3ccc(Cl)cc3)CC2)cc1. The lowest BCUT2D eigenvalue weighted by Crippen LogP contribution is -3.15. The number of halogens is 1. The van der Waals surface area contributed by atoms with Gasteiger partial charge >= 0.3 is 5.97 Å². The Hall–Kier alpha value is -2.57. The maximum absolute atomic E-state index is 12.3. The van der Waals surface area contributed by atoms with Gasteiger partial charge < -0.3 is 19.9 Å². The molecule has 1 aliphatic rings. The van der Waals surface area contributed by atoms with Gasteiger partial charge in [-0.05, 0) is 48.5 Å². The van der Waals surface area contributed by atoms with Crippen LogP contribution in [0.5, 0.6) is 0 Å². The van der Waals surface area contributed by atoms with Crippen molar-refractivity contribution in [2.24, 2.45) is 0 Å². The lowest BCUT2D eigenvalue weighted by Gasteiger charge is -2.33. The third kappa shape index (κ3) is 5.21. The number of rotatable bonds is 5. The van der Waals surface area contributed by atoms with Crippen LogP contribution in [-0.2, 0) is 9.53 Å². The molecule has 1 saturated heterocycles. The fourth-order valence-corrected chi connectivity index (χ4v) is 3.28. The molecule has 142 valence electrons. The second-order valence-electron chi connectivity index (χ2n) is 6.51. The maximum Gasteiger partial charge on any atom is 0.337 e. The molecule has 1 aliphatic heterocycles. The van der Waals surface area contributed by atoms with Gasteiger partial charge in [0.1, 0.15) is 0 Å². The molecule has 7 heteroatoms. The van der Waals surface area contributed by atoms with E-state index in [1.807, 2.05) is 24.3 Å². The van der Waals surface area contributed by atoms with Crippen LogP contribution < -0.4 is 15.1 Å². The van der Waals surface area contributed by atoms with Gasteiger partial charge in [-0.1, -0.05) is 11.6 Å². The number of carbonyl (C=O) groups excluding carboxylic acids is 2. The third-order valence-corrected chi connectivity index (χ3v) is 4.91. The summed E-state index contributed by atoms with van der Waals surface area (Å²) in [6, 6.07) is 14.5. The van der Waals surface area contributed by atoms with Gasteiger partial charge in [-0.25, -0.2) is 4.79 Å². The first kappa shape index (κ1) is 19.2. The molecule has 0 radical (unpaired) electrons. The number of methoxy groups -OCH3 is 1. The quantitative estimate of drug-likeness (QED) is 0.761. The smallest absolute Gasteiger partial charge is 0.337 e. The Morgan fingerprint density at radius 2 is 1.70 bits per heavy atom. The van der Waals surface area contributed by atoms with Crippen molar-refractivity contribution >= 4 is 34.9 Å². The van der Waals surface area contributed by atoms with Gasteiger partial charge in [0, 0.05) is 16.4 Å². The predicted octanol–water partition coefficient (Wildman–Crippen LogP) is 1.47. The van der Waals surface area contributed by atoms with E-state index in [0.717, 1.165) is 36.9 Å². The number of anilines is 2. The number of amides is 1. The Morgan fingerprint density at radius 1 is 1.07 bits per heavy atom. The van der Waals surface area contributed by atoms with Crippen molar-refractivity contribution in [1.29, 1.82) is 0 Å². The third-order valence-electron chi connectivity index (χ3n) is 4.66. The van der Waals surface area contributed by atoms with Crippen molar-refractivity contribution < 1.29 is 19.2 Å². The molecule has 0 aliphatic carbocycles. The second-order valence-corrected chi connectivity index (χ2v) is 6.94. The van der Waals surface area contributed by atoms with E-state index in [9.17, 15) is 9.59 Å². The van der Waals surface area contributed by atoms with Crippen LogP contribution in [0.15, 0.2) is 48.5 Å². The summed E-state index contributed by atoms with van der Waals surface area (Å²) in [4.78, 5) is 27.3. The minimum Gasteiger partial charge on any atom is -0.465 e. The van der Waals surface area contributed by atoms with E-state index in [0.29, 0.717) is 17.8 Å². The number of esters is 1. The number of carbonyl (C=O) groups is 2. The number of ether oxygens (including phenoxy) is 1. The molecule has 1 amide bonds.